The zero-order chi connectivity index (χ0) is 14.5. The molecule has 1 aliphatic heterocycles. The van der Waals surface area contributed by atoms with Crippen LogP contribution in [0.4, 0.5) is 0 Å². The van der Waals surface area contributed by atoms with Gasteiger partial charge in [0.25, 0.3) is 0 Å². The topological polar surface area (TPSA) is 6.48 Å². The van der Waals surface area contributed by atoms with Gasteiger partial charge in [0.2, 0.25) is 0 Å². The number of hydrogen-bond acceptors (Lipinski definition) is 2. The number of likely N-dealkylation sites (tertiary alicyclic amines) is 1. The Labute approximate surface area is 124 Å². The lowest BCUT2D eigenvalue weighted by atomic mass is 10.1. The maximum Gasteiger partial charge on any atom is 0.0350 e. The first-order valence-electron chi connectivity index (χ1n) is 8.11. The highest BCUT2D eigenvalue weighted by Crippen LogP contribution is 2.34. The van der Waals surface area contributed by atoms with E-state index in [1.54, 1.807) is 11.1 Å². The van der Waals surface area contributed by atoms with Crippen LogP contribution in [0.5, 0.6) is 0 Å². The van der Waals surface area contributed by atoms with E-state index in [-0.39, 0.29) is 0 Å². The molecule has 2 unspecified atom stereocenters. The van der Waals surface area contributed by atoms with Gasteiger partial charge in [-0.1, -0.05) is 31.2 Å². The molecule has 1 aromatic carbocycles. The Morgan fingerprint density at radius 1 is 1.25 bits per heavy atom. The summed E-state index contributed by atoms with van der Waals surface area (Å²) in [6.45, 7) is 6.95. The van der Waals surface area contributed by atoms with Crippen LogP contribution < -0.4 is 0 Å². The molecule has 1 aromatic rings. The van der Waals surface area contributed by atoms with Crippen LogP contribution in [0.2, 0.25) is 0 Å². The molecule has 2 atom stereocenters. The highest BCUT2D eigenvalue weighted by Gasteiger charge is 2.24. The quantitative estimate of drug-likeness (QED) is 0.811. The number of nitrogens with zero attached hydrogens (tertiary/aromatic N) is 2. The summed E-state index contributed by atoms with van der Waals surface area (Å²) in [5, 5.41) is 0. The molecular weight excluding hydrogens is 244 g/mol. The fourth-order valence-electron chi connectivity index (χ4n) is 3.29. The predicted molar refractivity (Wildman–Crippen MR) is 87.1 cm³/mol. The highest BCUT2D eigenvalue weighted by atomic mass is 15.1. The van der Waals surface area contributed by atoms with Crippen molar-refractivity contribution in [1.82, 2.24) is 9.80 Å². The lowest BCUT2D eigenvalue weighted by Crippen LogP contribution is -2.22. The van der Waals surface area contributed by atoms with Crippen LogP contribution in [-0.2, 0) is 6.42 Å². The Balaban J connectivity index is 0.000000178. The molecule has 20 heavy (non-hydrogen) atoms. The Bertz CT molecular complexity index is 408. The number of aryl methyl sites for hydroxylation is 1. The lowest BCUT2D eigenvalue weighted by Gasteiger charge is -2.23. The van der Waals surface area contributed by atoms with Crippen molar-refractivity contribution in [3.63, 3.8) is 0 Å². The molecule has 1 fully saturated rings. The van der Waals surface area contributed by atoms with Crippen LogP contribution in [0.15, 0.2) is 24.3 Å². The minimum Gasteiger partial charge on any atom is -0.304 e. The molecular formula is C18H30N2. The molecule has 0 bridgehead atoms. The molecule has 2 aliphatic rings. The van der Waals surface area contributed by atoms with Crippen LogP contribution in [0.25, 0.3) is 0 Å². The van der Waals surface area contributed by atoms with Crippen molar-refractivity contribution < 1.29 is 0 Å². The van der Waals surface area contributed by atoms with Crippen LogP contribution in [0, 0.1) is 0 Å². The van der Waals surface area contributed by atoms with E-state index < -0.39 is 0 Å². The standard InChI is InChI=1S/C12H17N.C6H13N/c1-3-13(2)12-9-8-10-6-4-5-7-11(10)12;1-6-4-3-5-7(6)2/h4-7,12H,3,8-9H2,1-2H3;6H,3-5H2,1-2H3. The Morgan fingerprint density at radius 2 is 2.00 bits per heavy atom. The predicted octanol–water partition coefficient (Wildman–Crippen LogP) is 3.73. The highest BCUT2D eigenvalue weighted by molar-refractivity contribution is 5.34. The third-order valence-electron chi connectivity index (χ3n) is 5.02. The maximum absolute atomic E-state index is 2.44. The Morgan fingerprint density at radius 3 is 2.55 bits per heavy atom. The number of hydrogen-bond donors (Lipinski definition) is 0. The molecule has 3 rings (SSSR count). The Hall–Kier alpha value is -0.860. The van der Waals surface area contributed by atoms with E-state index in [1.807, 2.05) is 0 Å². The normalized spacial score (nSPS) is 25.4. The summed E-state index contributed by atoms with van der Waals surface area (Å²) in [5.74, 6) is 0. The van der Waals surface area contributed by atoms with Gasteiger partial charge in [-0.25, -0.2) is 0 Å². The zero-order valence-corrected chi connectivity index (χ0v) is 13.6. The first kappa shape index (κ1) is 15.5. The van der Waals surface area contributed by atoms with Gasteiger partial charge in [0.05, 0.1) is 0 Å². The van der Waals surface area contributed by atoms with E-state index in [4.69, 9.17) is 0 Å². The molecule has 2 nitrogen and oxygen atoms in total. The Kier molecular flexibility index (Phi) is 5.62. The van der Waals surface area contributed by atoms with E-state index in [0.717, 1.165) is 12.6 Å². The lowest BCUT2D eigenvalue weighted by molar-refractivity contribution is 0.257. The number of fused-ring (bicyclic) bond motifs is 1. The van der Waals surface area contributed by atoms with Gasteiger partial charge in [0, 0.05) is 12.1 Å². The third kappa shape index (κ3) is 3.62. The number of benzene rings is 1. The molecule has 0 radical (unpaired) electrons. The molecule has 112 valence electrons. The van der Waals surface area contributed by atoms with E-state index in [0.29, 0.717) is 6.04 Å². The molecule has 0 saturated carbocycles. The van der Waals surface area contributed by atoms with Gasteiger partial charge in [0.1, 0.15) is 0 Å². The largest absolute Gasteiger partial charge is 0.304 e. The second kappa shape index (κ2) is 7.24. The molecule has 0 aromatic heterocycles. The molecule has 1 aliphatic carbocycles. The minimum atomic E-state index is 0.668. The average molecular weight is 274 g/mol. The van der Waals surface area contributed by atoms with Gasteiger partial charge in [-0.05, 0) is 70.9 Å². The fourth-order valence-corrected chi connectivity index (χ4v) is 3.29. The molecule has 1 heterocycles. The molecule has 2 heteroatoms. The summed E-state index contributed by atoms with van der Waals surface area (Å²) in [6, 6.07) is 10.4. The van der Waals surface area contributed by atoms with Crippen molar-refractivity contribution in [1.29, 1.82) is 0 Å². The summed E-state index contributed by atoms with van der Waals surface area (Å²) in [7, 11) is 4.41. The summed E-state index contributed by atoms with van der Waals surface area (Å²) in [5.41, 5.74) is 3.10. The summed E-state index contributed by atoms with van der Waals surface area (Å²) < 4.78 is 0. The van der Waals surface area contributed by atoms with Crippen LogP contribution in [0.1, 0.15) is 50.3 Å². The first-order valence-corrected chi connectivity index (χ1v) is 8.11. The molecule has 0 N–H and O–H groups in total. The first-order chi connectivity index (χ1) is 9.63. The van der Waals surface area contributed by atoms with Crippen molar-refractivity contribution in [3.05, 3.63) is 35.4 Å². The average Bonchev–Trinajstić information content (AvgIpc) is 3.06. The van der Waals surface area contributed by atoms with Gasteiger partial charge in [-0.2, -0.15) is 0 Å². The third-order valence-corrected chi connectivity index (χ3v) is 5.02. The summed E-state index contributed by atoms with van der Waals surface area (Å²) >= 11 is 0. The van der Waals surface area contributed by atoms with Crippen molar-refractivity contribution in [3.8, 4) is 0 Å². The second-order valence-corrected chi connectivity index (χ2v) is 6.30. The van der Waals surface area contributed by atoms with E-state index >= 15 is 0 Å². The van der Waals surface area contributed by atoms with Crippen LogP contribution >= 0.6 is 0 Å². The van der Waals surface area contributed by atoms with E-state index in [1.165, 1.54) is 32.2 Å². The van der Waals surface area contributed by atoms with Gasteiger partial charge >= 0.3 is 0 Å². The molecule has 0 amide bonds. The smallest absolute Gasteiger partial charge is 0.0350 e. The van der Waals surface area contributed by atoms with Gasteiger partial charge in [0.15, 0.2) is 0 Å². The zero-order valence-electron chi connectivity index (χ0n) is 13.6. The van der Waals surface area contributed by atoms with Gasteiger partial charge in [-0.3, -0.25) is 4.90 Å². The monoisotopic (exact) mass is 274 g/mol. The maximum atomic E-state index is 2.44. The van der Waals surface area contributed by atoms with Crippen molar-refractivity contribution in [2.75, 3.05) is 27.2 Å². The van der Waals surface area contributed by atoms with Gasteiger partial charge < -0.3 is 4.90 Å². The number of rotatable bonds is 2. The minimum absolute atomic E-state index is 0.668. The SMILES string of the molecule is CC1CCCN1C.CCN(C)C1CCc2ccccc21. The summed E-state index contributed by atoms with van der Waals surface area (Å²) in [4.78, 5) is 4.84. The van der Waals surface area contributed by atoms with Crippen LogP contribution in [-0.4, -0.2) is 43.0 Å². The van der Waals surface area contributed by atoms with Crippen molar-refractivity contribution in [2.24, 2.45) is 0 Å². The van der Waals surface area contributed by atoms with Gasteiger partial charge in [-0.15, -0.1) is 0 Å². The molecule has 0 spiro atoms. The van der Waals surface area contributed by atoms with Crippen molar-refractivity contribution in [2.45, 2.75) is 51.6 Å². The molecule has 1 saturated heterocycles. The van der Waals surface area contributed by atoms with Crippen LogP contribution in [0.3, 0.4) is 0 Å². The fraction of sp³-hybridized carbons (Fsp3) is 0.667. The summed E-state index contributed by atoms with van der Waals surface area (Å²) in [6.07, 6.45) is 5.35. The van der Waals surface area contributed by atoms with Crippen molar-refractivity contribution >= 4 is 0 Å². The second-order valence-electron chi connectivity index (χ2n) is 6.30. The van der Waals surface area contributed by atoms with E-state index in [9.17, 15) is 0 Å². The van der Waals surface area contributed by atoms with E-state index in [2.05, 4.69) is 62.0 Å².